The zero-order chi connectivity index (χ0) is 12.5. The molecule has 0 atom stereocenters. The van der Waals surface area contributed by atoms with Crippen molar-refractivity contribution >= 4 is 17.1 Å². The number of hydrogen-bond donors (Lipinski definition) is 2. The van der Waals surface area contributed by atoms with E-state index in [2.05, 4.69) is 10.1 Å². The second-order valence-corrected chi connectivity index (χ2v) is 3.88. The molecule has 0 radical (unpaired) electrons. The molecule has 0 bridgehead atoms. The second-order valence-electron chi connectivity index (χ2n) is 3.88. The number of aromatic nitrogens is 1. The minimum absolute atomic E-state index is 0.279. The standard InChI is InChI=1S/C12H10N2O4/c15-12-8(6-13-16)3-7-4-10-11(5-9(7)14-12)18-2-1-17-10/h3-6,16H,1-2H2,(H,14,15)/b13-6-. The van der Waals surface area contributed by atoms with Gasteiger partial charge >= 0.3 is 0 Å². The van der Waals surface area contributed by atoms with E-state index < -0.39 is 0 Å². The molecule has 6 nitrogen and oxygen atoms in total. The van der Waals surface area contributed by atoms with E-state index in [1.165, 1.54) is 0 Å². The number of H-pyrrole nitrogens is 1. The Kier molecular flexibility index (Phi) is 2.40. The number of fused-ring (bicyclic) bond motifs is 2. The van der Waals surface area contributed by atoms with Crippen molar-refractivity contribution in [3.05, 3.63) is 34.1 Å². The predicted molar refractivity (Wildman–Crippen MR) is 64.9 cm³/mol. The molecule has 3 rings (SSSR count). The molecule has 2 N–H and O–H groups in total. The predicted octanol–water partition coefficient (Wildman–Crippen LogP) is 1.11. The van der Waals surface area contributed by atoms with Crippen LogP contribution in [0.25, 0.3) is 10.9 Å². The summed E-state index contributed by atoms with van der Waals surface area (Å²) in [6.07, 6.45) is 1.09. The highest BCUT2D eigenvalue weighted by Gasteiger charge is 2.13. The highest BCUT2D eigenvalue weighted by atomic mass is 16.6. The lowest BCUT2D eigenvalue weighted by molar-refractivity contribution is 0.172. The van der Waals surface area contributed by atoms with Gasteiger partial charge in [0.05, 0.1) is 17.3 Å². The molecule has 0 saturated carbocycles. The number of nitrogens with one attached hydrogen (secondary N) is 1. The molecule has 0 unspecified atom stereocenters. The Balaban J connectivity index is 2.25. The van der Waals surface area contributed by atoms with Crippen LogP contribution in [0.4, 0.5) is 0 Å². The largest absolute Gasteiger partial charge is 0.486 e. The Bertz CT molecular complexity index is 690. The first-order valence-electron chi connectivity index (χ1n) is 5.42. The van der Waals surface area contributed by atoms with Crippen molar-refractivity contribution in [2.75, 3.05) is 13.2 Å². The molecule has 2 aromatic rings. The van der Waals surface area contributed by atoms with Crippen LogP contribution in [-0.2, 0) is 0 Å². The second kappa shape index (κ2) is 4.06. The molecule has 0 amide bonds. The smallest absolute Gasteiger partial charge is 0.257 e. The Hall–Kier alpha value is -2.50. The van der Waals surface area contributed by atoms with E-state index in [-0.39, 0.29) is 11.1 Å². The molecule has 18 heavy (non-hydrogen) atoms. The third kappa shape index (κ3) is 1.67. The van der Waals surface area contributed by atoms with E-state index in [1.807, 2.05) is 0 Å². The van der Waals surface area contributed by atoms with Crippen molar-refractivity contribution in [2.45, 2.75) is 0 Å². The lowest BCUT2D eigenvalue weighted by atomic mass is 10.1. The maximum atomic E-state index is 11.7. The number of oxime groups is 1. The third-order valence-corrected chi connectivity index (χ3v) is 2.73. The number of ether oxygens (including phenoxy) is 2. The van der Waals surface area contributed by atoms with Crippen molar-refractivity contribution in [3.8, 4) is 11.5 Å². The van der Waals surface area contributed by atoms with E-state index in [4.69, 9.17) is 14.7 Å². The zero-order valence-electron chi connectivity index (χ0n) is 9.34. The minimum Gasteiger partial charge on any atom is -0.486 e. The van der Waals surface area contributed by atoms with Crippen LogP contribution < -0.4 is 15.0 Å². The molecule has 1 aliphatic rings. The molecule has 0 saturated heterocycles. The van der Waals surface area contributed by atoms with Crippen molar-refractivity contribution in [1.82, 2.24) is 4.98 Å². The molecular weight excluding hydrogens is 236 g/mol. The fourth-order valence-electron chi connectivity index (χ4n) is 1.92. The molecule has 1 aromatic carbocycles. The summed E-state index contributed by atoms with van der Waals surface area (Å²) in [7, 11) is 0. The number of benzene rings is 1. The minimum atomic E-state index is -0.322. The van der Waals surface area contributed by atoms with E-state index >= 15 is 0 Å². The first kappa shape index (κ1) is 10.6. The number of pyridine rings is 1. The maximum absolute atomic E-state index is 11.7. The van der Waals surface area contributed by atoms with Crippen LogP contribution >= 0.6 is 0 Å². The van der Waals surface area contributed by atoms with Gasteiger partial charge in [0.1, 0.15) is 13.2 Å². The Labute approximate surface area is 101 Å². The quantitative estimate of drug-likeness (QED) is 0.448. The summed E-state index contributed by atoms with van der Waals surface area (Å²) in [6.45, 7) is 1.00. The Morgan fingerprint density at radius 2 is 1.94 bits per heavy atom. The highest BCUT2D eigenvalue weighted by Crippen LogP contribution is 2.33. The maximum Gasteiger partial charge on any atom is 0.257 e. The van der Waals surface area contributed by atoms with Crippen LogP contribution in [0.5, 0.6) is 11.5 Å². The third-order valence-electron chi connectivity index (χ3n) is 2.73. The highest BCUT2D eigenvalue weighted by molar-refractivity contribution is 5.89. The summed E-state index contributed by atoms with van der Waals surface area (Å²) in [5.41, 5.74) is 0.609. The van der Waals surface area contributed by atoms with Crippen LogP contribution in [-0.4, -0.2) is 29.6 Å². The molecule has 0 fully saturated rings. The van der Waals surface area contributed by atoms with Crippen molar-refractivity contribution in [3.63, 3.8) is 0 Å². The lowest BCUT2D eigenvalue weighted by Crippen LogP contribution is -2.16. The topological polar surface area (TPSA) is 83.9 Å². The van der Waals surface area contributed by atoms with E-state index in [9.17, 15) is 4.79 Å². The van der Waals surface area contributed by atoms with Crippen LogP contribution in [0.2, 0.25) is 0 Å². The first-order valence-corrected chi connectivity index (χ1v) is 5.42. The Morgan fingerprint density at radius 3 is 2.67 bits per heavy atom. The number of aromatic amines is 1. The fraction of sp³-hybridized carbons (Fsp3) is 0.167. The van der Waals surface area contributed by atoms with Crippen LogP contribution in [0.3, 0.4) is 0 Å². The molecule has 1 aliphatic heterocycles. The first-order chi connectivity index (χ1) is 8.78. The van der Waals surface area contributed by atoms with Gasteiger partial charge in [0.15, 0.2) is 11.5 Å². The molecule has 92 valence electrons. The van der Waals surface area contributed by atoms with Gasteiger partial charge in [0.25, 0.3) is 5.56 Å². The normalized spacial score (nSPS) is 14.2. The van der Waals surface area contributed by atoms with Gasteiger partial charge in [-0.05, 0) is 12.1 Å². The number of nitrogens with zero attached hydrogens (tertiary/aromatic N) is 1. The molecule has 0 aliphatic carbocycles. The van der Waals surface area contributed by atoms with Gasteiger partial charge in [-0.1, -0.05) is 5.16 Å². The zero-order valence-corrected chi connectivity index (χ0v) is 9.34. The van der Waals surface area contributed by atoms with Gasteiger partial charge < -0.3 is 19.7 Å². The van der Waals surface area contributed by atoms with Gasteiger partial charge in [-0.25, -0.2) is 0 Å². The van der Waals surface area contributed by atoms with Gasteiger partial charge in [-0.15, -0.1) is 0 Å². The van der Waals surface area contributed by atoms with E-state index in [1.54, 1.807) is 18.2 Å². The van der Waals surface area contributed by atoms with Crippen molar-refractivity contribution in [2.24, 2.45) is 5.16 Å². The summed E-state index contributed by atoms with van der Waals surface area (Å²) in [4.78, 5) is 14.4. The average molecular weight is 246 g/mol. The van der Waals surface area contributed by atoms with Gasteiger partial charge in [0.2, 0.25) is 0 Å². The fourth-order valence-corrected chi connectivity index (χ4v) is 1.92. The van der Waals surface area contributed by atoms with E-state index in [0.29, 0.717) is 30.2 Å². The molecule has 0 spiro atoms. The van der Waals surface area contributed by atoms with Crippen LogP contribution in [0, 0.1) is 0 Å². The summed E-state index contributed by atoms with van der Waals surface area (Å²) < 4.78 is 10.9. The molecule has 2 heterocycles. The van der Waals surface area contributed by atoms with Gasteiger partial charge in [0, 0.05) is 11.5 Å². The summed E-state index contributed by atoms with van der Waals surface area (Å²) in [5.74, 6) is 1.26. The Morgan fingerprint density at radius 1 is 1.22 bits per heavy atom. The molecule has 1 aromatic heterocycles. The van der Waals surface area contributed by atoms with Crippen molar-refractivity contribution < 1.29 is 14.7 Å². The average Bonchev–Trinajstić information content (AvgIpc) is 2.38. The summed E-state index contributed by atoms with van der Waals surface area (Å²) in [5, 5.41) is 12.1. The monoisotopic (exact) mass is 246 g/mol. The SMILES string of the molecule is O=c1[nH]c2cc3c(cc2cc1/C=N\O)OCCO3. The van der Waals surface area contributed by atoms with Gasteiger partial charge in [-0.3, -0.25) is 4.79 Å². The molecular formula is C12H10N2O4. The van der Waals surface area contributed by atoms with Crippen LogP contribution in [0.1, 0.15) is 5.56 Å². The number of rotatable bonds is 1. The summed E-state index contributed by atoms with van der Waals surface area (Å²) in [6, 6.07) is 5.14. The van der Waals surface area contributed by atoms with E-state index in [0.717, 1.165) is 11.6 Å². The lowest BCUT2D eigenvalue weighted by Gasteiger charge is -2.18. The molecule has 6 heteroatoms. The van der Waals surface area contributed by atoms with Crippen LogP contribution in [0.15, 0.2) is 28.1 Å². The number of hydrogen-bond acceptors (Lipinski definition) is 5. The van der Waals surface area contributed by atoms with Crippen molar-refractivity contribution in [1.29, 1.82) is 0 Å². The van der Waals surface area contributed by atoms with Gasteiger partial charge in [-0.2, -0.15) is 0 Å². The summed E-state index contributed by atoms with van der Waals surface area (Å²) >= 11 is 0.